The molecule has 4 heteroatoms. The third-order valence-electron chi connectivity index (χ3n) is 3.12. The van der Waals surface area contributed by atoms with Gasteiger partial charge in [-0.15, -0.1) is 0 Å². The van der Waals surface area contributed by atoms with E-state index in [1.54, 1.807) is 6.33 Å². The van der Waals surface area contributed by atoms with Gasteiger partial charge in [-0.2, -0.15) is 0 Å². The largest absolute Gasteiger partial charge is 0.478 e. The van der Waals surface area contributed by atoms with E-state index in [9.17, 15) is 0 Å². The minimum atomic E-state index is 0.365. The minimum Gasteiger partial charge on any atom is -0.478 e. The van der Waals surface area contributed by atoms with Crippen LogP contribution in [0.4, 0.5) is 0 Å². The molecule has 0 spiro atoms. The summed E-state index contributed by atoms with van der Waals surface area (Å²) in [6.07, 6.45) is 3.83. The van der Waals surface area contributed by atoms with E-state index in [2.05, 4.69) is 36.1 Å². The van der Waals surface area contributed by atoms with Gasteiger partial charge in [0.15, 0.2) is 0 Å². The first-order valence-corrected chi connectivity index (χ1v) is 6.90. The summed E-state index contributed by atoms with van der Waals surface area (Å²) in [6.45, 7) is 10.2. The smallest absolute Gasteiger partial charge is 0.216 e. The van der Waals surface area contributed by atoms with Gasteiger partial charge in [0.25, 0.3) is 0 Å². The van der Waals surface area contributed by atoms with Crippen LogP contribution in [0.2, 0.25) is 0 Å². The normalized spacial score (nSPS) is 14.2. The molecule has 1 N–H and O–H groups in total. The van der Waals surface area contributed by atoms with Crippen LogP contribution >= 0.6 is 0 Å². The van der Waals surface area contributed by atoms with Gasteiger partial charge in [-0.25, -0.2) is 9.97 Å². The third-order valence-corrected chi connectivity index (χ3v) is 3.12. The maximum absolute atomic E-state index is 5.42. The van der Waals surface area contributed by atoms with Crippen LogP contribution in [-0.4, -0.2) is 29.2 Å². The van der Waals surface area contributed by atoms with Crippen molar-refractivity contribution in [3.63, 3.8) is 0 Å². The van der Waals surface area contributed by atoms with Crippen molar-refractivity contribution in [3.05, 3.63) is 18.1 Å². The second-order valence-corrected chi connectivity index (χ2v) is 4.47. The van der Waals surface area contributed by atoms with Crippen molar-refractivity contribution in [1.82, 2.24) is 15.3 Å². The van der Waals surface area contributed by atoms with Crippen molar-refractivity contribution in [2.24, 2.45) is 0 Å². The molecule has 0 saturated heterocycles. The van der Waals surface area contributed by atoms with E-state index >= 15 is 0 Å². The Morgan fingerprint density at radius 1 is 1.28 bits per heavy atom. The van der Waals surface area contributed by atoms with Gasteiger partial charge in [-0.05, 0) is 26.3 Å². The Bertz CT molecular complexity index is 344. The van der Waals surface area contributed by atoms with Gasteiger partial charge >= 0.3 is 0 Å². The number of hydrogen-bond donors (Lipinski definition) is 1. The number of ether oxygens (including phenoxy) is 1. The Labute approximate surface area is 110 Å². The summed E-state index contributed by atoms with van der Waals surface area (Å²) in [5.74, 6) is 1.03. The maximum atomic E-state index is 5.42. The summed E-state index contributed by atoms with van der Waals surface area (Å²) in [5, 5.41) is 3.57. The minimum absolute atomic E-state index is 0.365. The molecular formula is C14H25N3O. The molecule has 102 valence electrons. The van der Waals surface area contributed by atoms with Gasteiger partial charge in [0.05, 0.1) is 12.3 Å². The van der Waals surface area contributed by atoms with Gasteiger partial charge < -0.3 is 10.1 Å². The monoisotopic (exact) mass is 251 g/mol. The molecule has 0 amide bonds. The van der Waals surface area contributed by atoms with Crippen molar-refractivity contribution in [1.29, 1.82) is 0 Å². The van der Waals surface area contributed by atoms with Crippen molar-refractivity contribution >= 4 is 0 Å². The summed E-state index contributed by atoms with van der Waals surface area (Å²) in [4.78, 5) is 8.47. The SMILES string of the molecule is CCCNC(CC)C(C)c1cc(OCC)ncn1. The predicted octanol–water partition coefficient (Wildman–Crippen LogP) is 2.76. The van der Waals surface area contributed by atoms with E-state index in [1.165, 1.54) is 0 Å². The number of hydrogen-bond acceptors (Lipinski definition) is 4. The fraction of sp³-hybridized carbons (Fsp3) is 0.714. The third kappa shape index (κ3) is 4.26. The summed E-state index contributed by atoms with van der Waals surface area (Å²) in [5.41, 5.74) is 1.05. The van der Waals surface area contributed by atoms with Crippen molar-refractivity contribution < 1.29 is 4.74 Å². The Balaban J connectivity index is 2.73. The Morgan fingerprint density at radius 2 is 2.06 bits per heavy atom. The zero-order chi connectivity index (χ0) is 13.4. The summed E-state index contributed by atoms with van der Waals surface area (Å²) in [7, 11) is 0. The summed E-state index contributed by atoms with van der Waals surface area (Å²) < 4.78 is 5.42. The highest BCUT2D eigenvalue weighted by Gasteiger charge is 2.18. The lowest BCUT2D eigenvalue weighted by molar-refractivity contribution is 0.324. The summed E-state index contributed by atoms with van der Waals surface area (Å²) in [6, 6.07) is 2.40. The van der Waals surface area contributed by atoms with Crippen LogP contribution in [0.3, 0.4) is 0 Å². The Kier molecular flexibility index (Phi) is 6.65. The molecule has 0 bridgehead atoms. The first-order valence-electron chi connectivity index (χ1n) is 6.90. The second kappa shape index (κ2) is 8.03. The fourth-order valence-electron chi connectivity index (χ4n) is 2.04. The molecule has 1 heterocycles. The van der Waals surface area contributed by atoms with Crippen LogP contribution in [-0.2, 0) is 0 Å². The average Bonchev–Trinajstić information content (AvgIpc) is 2.40. The number of rotatable bonds is 8. The molecule has 0 saturated carbocycles. The van der Waals surface area contributed by atoms with Crippen LogP contribution in [0.25, 0.3) is 0 Å². The lowest BCUT2D eigenvalue weighted by atomic mass is 9.95. The van der Waals surface area contributed by atoms with Crippen LogP contribution in [0.15, 0.2) is 12.4 Å². The molecule has 0 aliphatic carbocycles. The van der Waals surface area contributed by atoms with E-state index in [4.69, 9.17) is 4.74 Å². The average molecular weight is 251 g/mol. The molecule has 1 aromatic rings. The zero-order valence-electron chi connectivity index (χ0n) is 11.9. The molecule has 4 nitrogen and oxygen atoms in total. The van der Waals surface area contributed by atoms with Gasteiger partial charge in [-0.3, -0.25) is 0 Å². The lowest BCUT2D eigenvalue weighted by Gasteiger charge is -2.23. The second-order valence-electron chi connectivity index (χ2n) is 4.47. The molecule has 1 rings (SSSR count). The summed E-state index contributed by atoms with van der Waals surface area (Å²) >= 11 is 0. The van der Waals surface area contributed by atoms with E-state index in [0.29, 0.717) is 24.4 Å². The number of aromatic nitrogens is 2. The standard InChI is InChI=1S/C14H25N3O/c1-5-8-15-12(6-2)11(4)13-9-14(18-7-3)17-10-16-13/h9-12,15H,5-8H2,1-4H3. The van der Waals surface area contributed by atoms with Crippen molar-refractivity contribution in [3.8, 4) is 5.88 Å². The van der Waals surface area contributed by atoms with Gasteiger partial charge in [-0.1, -0.05) is 20.8 Å². The molecule has 0 aliphatic heterocycles. The molecule has 0 radical (unpaired) electrons. The molecule has 2 atom stereocenters. The first-order chi connectivity index (χ1) is 8.72. The lowest BCUT2D eigenvalue weighted by Crippen LogP contribution is -2.34. The number of nitrogens with zero attached hydrogens (tertiary/aromatic N) is 2. The van der Waals surface area contributed by atoms with E-state index in [1.807, 2.05) is 13.0 Å². The van der Waals surface area contributed by atoms with Crippen molar-refractivity contribution in [2.75, 3.05) is 13.2 Å². The topological polar surface area (TPSA) is 47.0 Å². The highest BCUT2D eigenvalue weighted by Crippen LogP contribution is 2.21. The van der Waals surface area contributed by atoms with Crippen molar-refractivity contribution in [2.45, 2.75) is 52.5 Å². The van der Waals surface area contributed by atoms with Crippen LogP contribution in [0.5, 0.6) is 5.88 Å². The van der Waals surface area contributed by atoms with Gasteiger partial charge in [0.1, 0.15) is 6.33 Å². The molecule has 1 aromatic heterocycles. The van der Waals surface area contributed by atoms with Crippen LogP contribution in [0, 0.1) is 0 Å². The quantitative estimate of drug-likeness (QED) is 0.771. The first kappa shape index (κ1) is 14.9. The molecule has 18 heavy (non-hydrogen) atoms. The van der Waals surface area contributed by atoms with E-state index < -0.39 is 0 Å². The van der Waals surface area contributed by atoms with Crippen LogP contribution in [0.1, 0.15) is 52.1 Å². The van der Waals surface area contributed by atoms with E-state index in [-0.39, 0.29) is 0 Å². The molecule has 2 unspecified atom stereocenters. The Hall–Kier alpha value is -1.16. The van der Waals surface area contributed by atoms with Gasteiger partial charge in [0.2, 0.25) is 5.88 Å². The molecular weight excluding hydrogens is 226 g/mol. The van der Waals surface area contributed by atoms with Gasteiger partial charge in [0, 0.05) is 18.0 Å². The molecule has 0 fully saturated rings. The van der Waals surface area contributed by atoms with Crippen LogP contribution < -0.4 is 10.1 Å². The van der Waals surface area contributed by atoms with E-state index in [0.717, 1.165) is 25.1 Å². The maximum Gasteiger partial charge on any atom is 0.216 e. The highest BCUT2D eigenvalue weighted by molar-refractivity contribution is 5.18. The molecule has 0 aliphatic rings. The highest BCUT2D eigenvalue weighted by atomic mass is 16.5. The number of nitrogens with one attached hydrogen (secondary N) is 1. The Morgan fingerprint density at radius 3 is 2.67 bits per heavy atom. The molecule has 0 aromatic carbocycles. The fourth-order valence-corrected chi connectivity index (χ4v) is 2.04. The predicted molar refractivity (Wildman–Crippen MR) is 74.0 cm³/mol. The zero-order valence-corrected chi connectivity index (χ0v) is 11.9.